The zero-order valence-electron chi connectivity index (χ0n) is 11.2. The minimum absolute atomic E-state index is 0.0594. The Balaban J connectivity index is 2.01. The summed E-state index contributed by atoms with van der Waals surface area (Å²) in [5.41, 5.74) is 1.52. The summed E-state index contributed by atoms with van der Waals surface area (Å²) < 4.78 is 39.4. The number of H-pyrrole nitrogens is 1. The van der Waals surface area contributed by atoms with Gasteiger partial charge >= 0.3 is 6.18 Å². The molecule has 1 aliphatic rings. The first-order chi connectivity index (χ1) is 9.89. The van der Waals surface area contributed by atoms with Crippen molar-refractivity contribution in [2.24, 2.45) is 0 Å². The van der Waals surface area contributed by atoms with Crippen molar-refractivity contribution in [3.8, 4) is 0 Å². The Labute approximate surface area is 128 Å². The summed E-state index contributed by atoms with van der Waals surface area (Å²) in [5, 5.41) is 5.74. The highest BCUT2D eigenvalue weighted by molar-refractivity contribution is 9.10. The molecule has 1 N–H and O–H groups in total. The molecular weight excluding hydrogens is 347 g/mol. The second kappa shape index (κ2) is 5.05. The van der Waals surface area contributed by atoms with Gasteiger partial charge in [-0.25, -0.2) is 0 Å². The number of halogens is 4. The van der Waals surface area contributed by atoms with Gasteiger partial charge < -0.3 is 4.90 Å². The lowest BCUT2D eigenvalue weighted by Crippen LogP contribution is -2.25. The second-order valence-corrected chi connectivity index (χ2v) is 5.85. The first kappa shape index (κ1) is 14.4. The zero-order valence-corrected chi connectivity index (χ0v) is 12.8. The molecule has 0 radical (unpaired) electrons. The molecule has 3 nitrogen and oxygen atoms in total. The lowest BCUT2D eigenvalue weighted by molar-refractivity contribution is -0.140. The van der Waals surface area contributed by atoms with Gasteiger partial charge in [0.1, 0.15) is 5.69 Å². The smallest absolute Gasteiger partial charge is 0.364 e. The molecule has 1 unspecified atom stereocenters. The van der Waals surface area contributed by atoms with Gasteiger partial charge in [-0.1, -0.05) is 24.3 Å². The highest BCUT2D eigenvalue weighted by Gasteiger charge is 2.40. The van der Waals surface area contributed by atoms with Gasteiger partial charge in [-0.15, -0.1) is 0 Å². The van der Waals surface area contributed by atoms with E-state index in [9.17, 15) is 13.2 Å². The number of aryl methyl sites for hydroxylation is 1. The van der Waals surface area contributed by atoms with Gasteiger partial charge in [0.05, 0.1) is 6.04 Å². The molecule has 1 aromatic heterocycles. The quantitative estimate of drug-likeness (QED) is 0.865. The third kappa shape index (κ3) is 2.43. The van der Waals surface area contributed by atoms with Gasteiger partial charge in [-0.2, -0.15) is 18.3 Å². The van der Waals surface area contributed by atoms with Crippen molar-refractivity contribution in [2.45, 2.75) is 25.1 Å². The molecule has 1 aromatic carbocycles. The molecule has 0 fully saturated rings. The van der Waals surface area contributed by atoms with Crippen LogP contribution in [0.5, 0.6) is 0 Å². The number of aromatic nitrogens is 2. The Morgan fingerprint density at radius 2 is 2.05 bits per heavy atom. The number of hydrogen-bond acceptors (Lipinski definition) is 2. The van der Waals surface area contributed by atoms with Crippen LogP contribution in [0.4, 0.5) is 18.9 Å². The largest absolute Gasteiger partial charge is 0.434 e. The van der Waals surface area contributed by atoms with Crippen molar-refractivity contribution < 1.29 is 13.2 Å². The number of hydrogen-bond donors (Lipinski definition) is 1. The summed E-state index contributed by atoms with van der Waals surface area (Å²) in [6.07, 6.45) is -2.78. The van der Waals surface area contributed by atoms with Crippen LogP contribution in [0.15, 0.2) is 28.9 Å². The van der Waals surface area contributed by atoms with E-state index in [2.05, 4.69) is 26.1 Å². The molecule has 0 spiro atoms. The van der Waals surface area contributed by atoms with E-state index in [1.807, 2.05) is 24.3 Å². The molecule has 2 aromatic rings. The van der Waals surface area contributed by atoms with Crippen LogP contribution in [-0.2, 0) is 12.6 Å². The molecule has 112 valence electrons. The Morgan fingerprint density at radius 1 is 1.33 bits per heavy atom. The second-order valence-electron chi connectivity index (χ2n) is 5.10. The molecule has 0 bridgehead atoms. The highest BCUT2D eigenvalue weighted by atomic mass is 79.9. The predicted molar refractivity (Wildman–Crippen MR) is 77.2 cm³/mol. The maximum atomic E-state index is 13.1. The molecule has 1 heterocycles. The normalized spacial score (nSPS) is 17.9. The number of aromatic amines is 1. The predicted octanol–water partition coefficient (Wildman–Crippen LogP) is 4.31. The minimum Gasteiger partial charge on any atom is -0.364 e. The summed E-state index contributed by atoms with van der Waals surface area (Å²) in [7, 11) is 1.68. The molecule has 0 aliphatic heterocycles. The molecule has 1 aliphatic carbocycles. The van der Waals surface area contributed by atoms with Crippen LogP contribution in [0.25, 0.3) is 0 Å². The maximum Gasteiger partial charge on any atom is 0.434 e. The monoisotopic (exact) mass is 359 g/mol. The average molecular weight is 360 g/mol. The van der Waals surface area contributed by atoms with Crippen LogP contribution in [0.1, 0.15) is 29.3 Å². The van der Waals surface area contributed by atoms with Crippen molar-refractivity contribution in [3.63, 3.8) is 0 Å². The Kier molecular flexibility index (Phi) is 3.47. The summed E-state index contributed by atoms with van der Waals surface area (Å²) >= 11 is 3.11. The highest BCUT2D eigenvalue weighted by Crippen LogP contribution is 2.44. The lowest BCUT2D eigenvalue weighted by atomic mass is 10.1. The number of anilines is 1. The number of benzene rings is 1. The van der Waals surface area contributed by atoms with E-state index in [0.717, 1.165) is 18.4 Å². The summed E-state index contributed by atoms with van der Waals surface area (Å²) in [4.78, 5) is 1.66. The number of fused-ring (bicyclic) bond motifs is 1. The van der Waals surface area contributed by atoms with Crippen molar-refractivity contribution in [1.82, 2.24) is 10.2 Å². The van der Waals surface area contributed by atoms with Crippen LogP contribution < -0.4 is 4.90 Å². The number of nitrogens with zero attached hydrogens (tertiary/aromatic N) is 2. The van der Waals surface area contributed by atoms with Gasteiger partial charge in [0.2, 0.25) is 0 Å². The van der Waals surface area contributed by atoms with Crippen LogP contribution in [0.2, 0.25) is 0 Å². The van der Waals surface area contributed by atoms with Crippen LogP contribution in [0.3, 0.4) is 0 Å². The van der Waals surface area contributed by atoms with Crippen molar-refractivity contribution >= 4 is 21.6 Å². The minimum atomic E-state index is -4.46. The van der Waals surface area contributed by atoms with Gasteiger partial charge in [0.25, 0.3) is 0 Å². The Morgan fingerprint density at radius 3 is 2.76 bits per heavy atom. The molecule has 0 saturated carbocycles. The molecule has 7 heteroatoms. The first-order valence-electron chi connectivity index (χ1n) is 6.51. The Hall–Kier alpha value is -1.50. The van der Waals surface area contributed by atoms with Crippen molar-refractivity contribution in [1.29, 1.82) is 0 Å². The third-order valence-corrected chi connectivity index (χ3v) is 4.46. The first-order valence-corrected chi connectivity index (χ1v) is 7.30. The van der Waals surface area contributed by atoms with E-state index in [4.69, 9.17) is 0 Å². The summed E-state index contributed by atoms with van der Waals surface area (Å²) in [6.45, 7) is 0. The average Bonchev–Trinajstić information content (AvgIpc) is 3.01. The van der Waals surface area contributed by atoms with E-state index in [1.165, 1.54) is 5.56 Å². The fourth-order valence-corrected chi connectivity index (χ4v) is 3.49. The zero-order chi connectivity index (χ0) is 15.2. The molecule has 0 saturated heterocycles. The number of nitrogens with one attached hydrogen (secondary N) is 1. The Bertz CT molecular complexity index is 666. The number of rotatable bonds is 2. The van der Waals surface area contributed by atoms with E-state index in [1.54, 1.807) is 11.9 Å². The molecular formula is C14H13BrF3N3. The summed E-state index contributed by atoms with van der Waals surface area (Å²) in [6, 6.07) is 7.80. The maximum absolute atomic E-state index is 13.1. The van der Waals surface area contributed by atoms with E-state index in [0.29, 0.717) is 0 Å². The van der Waals surface area contributed by atoms with Gasteiger partial charge in [-0.3, -0.25) is 5.10 Å². The summed E-state index contributed by atoms with van der Waals surface area (Å²) in [5.74, 6) is 0. The number of alkyl halides is 3. The van der Waals surface area contributed by atoms with Crippen LogP contribution in [0, 0.1) is 0 Å². The van der Waals surface area contributed by atoms with E-state index in [-0.39, 0.29) is 16.3 Å². The molecule has 21 heavy (non-hydrogen) atoms. The fraction of sp³-hybridized carbons (Fsp3) is 0.357. The fourth-order valence-electron chi connectivity index (χ4n) is 2.93. The van der Waals surface area contributed by atoms with Crippen LogP contribution >= 0.6 is 15.9 Å². The SMILES string of the molecule is CN(c1c(Br)n[nH]c1C(F)(F)F)C1CCc2ccccc21. The van der Waals surface area contributed by atoms with E-state index < -0.39 is 11.9 Å². The van der Waals surface area contributed by atoms with E-state index >= 15 is 0 Å². The molecule has 0 amide bonds. The molecule has 3 rings (SSSR count). The van der Waals surface area contributed by atoms with Crippen molar-refractivity contribution in [2.75, 3.05) is 11.9 Å². The third-order valence-electron chi connectivity index (χ3n) is 3.90. The van der Waals surface area contributed by atoms with Crippen molar-refractivity contribution in [3.05, 3.63) is 45.7 Å². The molecule has 1 atom stereocenters. The van der Waals surface area contributed by atoms with Gasteiger partial charge in [0, 0.05) is 7.05 Å². The van der Waals surface area contributed by atoms with Crippen LogP contribution in [-0.4, -0.2) is 17.2 Å². The van der Waals surface area contributed by atoms with Gasteiger partial charge in [0.15, 0.2) is 10.3 Å². The van der Waals surface area contributed by atoms with Gasteiger partial charge in [-0.05, 0) is 39.9 Å². The topological polar surface area (TPSA) is 31.9 Å². The standard InChI is InChI=1S/C14H13BrF3N3/c1-21(10-7-6-8-4-2-3-5-9(8)10)11-12(14(16,17)18)19-20-13(11)15/h2-5,10H,6-7H2,1H3,(H,19,20). The lowest BCUT2D eigenvalue weighted by Gasteiger charge is -2.28.